The molecular formula is C18H24FNO3. The van der Waals surface area contributed by atoms with Crippen molar-refractivity contribution < 1.29 is 19.0 Å². The molecule has 0 atom stereocenters. The molecule has 1 aromatic rings. The fraction of sp³-hybridized carbons (Fsp3) is 0.611. The second-order valence-corrected chi connectivity index (χ2v) is 6.76. The normalized spacial score (nSPS) is 22.9. The zero-order chi connectivity index (χ0) is 16.3. The third kappa shape index (κ3) is 4.16. The first kappa shape index (κ1) is 16.6. The first-order valence-corrected chi connectivity index (χ1v) is 8.38. The van der Waals surface area contributed by atoms with Crippen LogP contribution in [0.2, 0.25) is 0 Å². The highest BCUT2D eigenvalue weighted by molar-refractivity contribution is 5.97. The molecule has 2 heterocycles. The summed E-state index contributed by atoms with van der Waals surface area (Å²) in [6.45, 7) is 3.54. The zero-order valence-corrected chi connectivity index (χ0v) is 13.3. The van der Waals surface area contributed by atoms with Gasteiger partial charge in [-0.2, -0.15) is 0 Å². The molecular weight excluding hydrogens is 297 g/mol. The molecule has 1 N–H and O–H groups in total. The molecule has 2 saturated heterocycles. The van der Waals surface area contributed by atoms with Crippen LogP contribution in [0.4, 0.5) is 4.39 Å². The number of Topliss-reactive ketones (excluding diaryl/α,β-unsaturated/α-hetero) is 1. The quantitative estimate of drug-likeness (QED) is 0.864. The average molecular weight is 321 g/mol. The molecule has 126 valence electrons. The number of halogens is 1. The number of carbonyl (C=O) groups excluding carboxylic acids is 1. The van der Waals surface area contributed by atoms with Crippen molar-refractivity contribution in [3.8, 4) is 0 Å². The minimum absolute atomic E-state index is 0.000966. The number of benzene rings is 1. The molecule has 0 bridgehead atoms. The Hall–Kier alpha value is -1.30. The maximum atomic E-state index is 13.0. The van der Waals surface area contributed by atoms with E-state index >= 15 is 0 Å². The number of piperidine rings is 1. The Labute approximate surface area is 136 Å². The van der Waals surface area contributed by atoms with Crippen molar-refractivity contribution in [3.05, 3.63) is 35.6 Å². The maximum absolute atomic E-state index is 13.0. The van der Waals surface area contributed by atoms with Gasteiger partial charge < -0.3 is 14.7 Å². The molecule has 2 aliphatic heterocycles. The van der Waals surface area contributed by atoms with E-state index in [1.54, 1.807) is 12.1 Å². The molecule has 2 fully saturated rings. The van der Waals surface area contributed by atoms with Gasteiger partial charge in [0.15, 0.2) is 5.78 Å². The van der Waals surface area contributed by atoms with Gasteiger partial charge in [0, 0.05) is 44.1 Å². The van der Waals surface area contributed by atoms with Crippen LogP contribution in [0.1, 0.15) is 36.0 Å². The van der Waals surface area contributed by atoms with Gasteiger partial charge in [-0.1, -0.05) is 0 Å². The second kappa shape index (κ2) is 7.07. The van der Waals surface area contributed by atoms with E-state index in [0.29, 0.717) is 38.2 Å². The van der Waals surface area contributed by atoms with Gasteiger partial charge in [0.05, 0.1) is 5.60 Å². The lowest BCUT2D eigenvalue weighted by molar-refractivity contribution is -0.0824. The van der Waals surface area contributed by atoms with Gasteiger partial charge in [-0.3, -0.25) is 4.79 Å². The third-order valence-corrected chi connectivity index (χ3v) is 5.03. The Morgan fingerprint density at radius 1 is 1.22 bits per heavy atom. The molecule has 3 rings (SSSR count). The van der Waals surface area contributed by atoms with E-state index in [1.807, 2.05) is 0 Å². The van der Waals surface area contributed by atoms with Crippen LogP contribution in [-0.2, 0) is 4.74 Å². The molecule has 1 aromatic carbocycles. The summed E-state index contributed by atoms with van der Waals surface area (Å²) in [5.74, 6) is -0.212. The van der Waals surface area contributed by atoms with E-state index in [4.69, 9.17) is 4.74 Å². The van der Waals surface area contributed by atoms with E-state index in [9.17, 15) is 14.3 Å². The van der Waals surface area contributed by atoms with Gasteiger partial charge in [-0.05, 0) is 50.2 Å². The average Bonchev–Trinajstić information content (AvgIpc) is 2.56. The molecule has 2 aliphatic rings. The number of rotatable bonds is 4. The minimum atomic E-state index is -0.647. The number of hydrogen-bond acceptors (Lipinski definition) is 4. The highest BCUT2D eigenvalue weighted by atomic mass is 19.1. The lowest BCUT2D eigenvalue weighted by Gasteiger charge is -2.39. The second-order valence-electron chi connectivity index (χ2n) is 6.76. The van der Waals surface area contributed by atoms with Gasteiger partial charge in [-0.25, -0.2) is 4.39 Å². The summed E-state index contributed by atoms with van der Waals surface area (Å²) in [4.78, 5) is 14.7. The summed E-state index contributed by atoms with van der Waals surface area (Å²) in [5, 5.41) is 10.6. The Bertz CT molecular complexity index is 532. The van der Waals surface area contributed by atoms with Crippen LogP contribution < -0.4 is 0 Å². The van der Waals surface area contributed by atoms with Crippen molar-refractivity contribution in [1.82, 2.24) is 4.90 Å². The largest absolute Gasteiger partial charge is 0.388 e. The Kier molecular flexibility index (Phi) is 5.09. The molecule has 5 heteroatoms. The SMILES string of the molecule is O=C(c1ccc(F)cc1)C1CCN(CC2(O)CCOCC2)CC1. The van der Waals surface area contributed by atoms with Gasteiger partial charge in [0.1, 0.15) is 5.82 Å². The molecule has 0 spiro atoms. The molecule has 0 radical (unpaired) electrons. The number of aliphatic hydroxyl groups is 1. The highest BCUT2D eigenvalue weighted by Gasteiger charge is 2.34. The smallest absolute Gasteiger partial charge is 0.166 e. The summed E-state index contributed by atoms with van der Waals surface area (Å²) in [5.41, 5.74) is -0.0561. The van der Waals surface area contributed by atoms with Crippen LogP contribution >= 0.6 is 0 Å². The first-order valence-electron chi connectivity index (χ1n) is 8.38. The van der Waals surface area contributed by atoms with Crippen LogP contribution in [0.15, 0.2) is 24.3 Å². The van der Waals surface area contributed by atoms with Crippen molar-refractivity contribution in [2.24, 2.45) is 5.92 Å². The van der Waals surface area contributed by atoms with Crippen LogP contribution in [0, 0.1) is 11.7 Å². The Balaban J connectivity index is 1.51. The summed E-state index contributed by atoms with van der Waals surface area (Å²) < 4.78 is 18.3. The van der Waals surface area contributed by atoms with Crippen molar-refractivity contribution in [2.45, 2.75) is 31.3 Å². The molecule has 0 amide bonds. The Morgan fingerprint density at radius 3 is 2.43 bits per heavy atom. The summed E-state index contributed by atoms with van der Waals surface area (Å²) in [6, 6.07) is 5.80. The summed E-state index contributed by atoms with van der Waals surface area (Å²) in [6.07, 6.45) is 2.95. The van der Waals surface area contributed by atoms with Crippen molar-refractivity contribution >= 4 is 5.78 Å². The predicted molar refractivity (Wildman–Crippen MR) is 84.9 cm³/mol. The number of hydrogen-bond donors (Lipinski definition) is 1. The fourth-order valence-electron chi connectivity index (χ4n) is 3.53. The lowest BCUT2D eigenvalue weighted by atomic mass is 9.87. The van der Waals surface area contributed by atoms with E-state index < -0.39 is 5.60 Å². The van der Waals surface area contributed by atoms with Gasteiger partial charge >= 0.3 is 0 Å². The van der Waals surface area contributed by atoms with Crippen LogP contribution in [-0.4, -0.2) is 54.2 Å². The van der Waals surface area contributed by atoms with Gasteiger partial charge in [0.2, 0.25) is 0 Å². The van der Waals surface area contributed by atoms with E-state index in [-0.39, 0.29) is 17.5 Å². The van der Waals surface area contributed by atoms with E-state index in [1.165, 1.54) is 12.1 Å². The standard InChI is InChI=1S/C18H24FNO3/c19-16-3-1-14(2-4-16)17(21)15-5-9-20(10-6-15)13-18(22)7-11-23-12-8-18/h1-4,15,22H,5-13H2. The number of ether oxygens (including phenoxy) is 1. The number of ketones is 1. The Morgan fingerprint density at radius 2 is 1.83 bits per heavy atom. The number of β-amino-alcohol motifs (C(OH)–C–C–N with tert-alkyl or cyclic N) is 1. The van der Waals surface area contributed by atoms with Crippen molar-refractivity contribution in [1.29, 1.82) is 0 Å². The topological polar surface area (TPSA) is 49.8 Å². The van der Waals surface area contributed by atoms with Gasteiger partial charge in [0.25, 0.3) is 0 Å². The van der Waals surface area contributed by atoms with Crippen molar-refractivity contribution in [3.63, 3.8) is 0 Å². The van der Waals surface area contributed by atoms with Crippen LogP contribution in [0.3, 0.4) is 0 Å². The van der Waals surface area contributed by atoms with Crippen LogP contribution in [0.25, 0.3) is 0 Å². The molecule has 4 nitrogen and oxygen atoms in total. The molecule has 0 aliphatic carbocycles. The number of carbonyl (C=O) groups is 1. The molecule has 0 saturated carbocycles. The lowest BCUT2D eigenvalue weighted by Crippen LogP contribution is -2.49. The minimum Gasteiger partial charge on any atom is -0.388 e. The predicted octanol–water partition coefficient (Wildman–Crippen LogP) is 2.26. The van der Waals surface area contributed by atoms with Crippen molar-refractivity contribution in [2.75, 3.05) is 32.8 Å². The zero-order valence-electron chi connectivity index (χ0n) is 13.3. The maximum Gasteiger partial charge on any atom is 0.166 e. The molecule has 23 heavy (non-hydrogen) atoms. The van der Waals surface area contributed by atoms with E-state index in [2.05, 4.69) is 4.90 Å². The first-order chi connectivity index (χ1) is 11.1. The molecule has 0 aromatic heterocycles. The van der Waals surface area contributed by atoms with Gasteiger partial charge in [-0.15, -0.1) is 0 Å². The number of likely N-dealkylation sites (tertiary alicyclic amines) is 1. The summed E-state index contributed by atoms with van der Waals surface area (Å²) >= 11 is 0. The fourth-order valence-corrected chi connectivity index (χ4v) is 3.53. The third-order valence-electron chi connectivity index (χ3n) is 5.03. The monoisotopic (exact) mass is 321 g/mol. The highest BCUT2D eigenvalue weighted by Crippen LogP contribution is 2.26. The van der Waals surface area contributed by atoms with E-state index in [0.717, 1.165) is 25.9 Å². The number of nitrogens with zero attached hydrogens (tertiary/aromatic N) is 1. The van der Waals surface area contributed by atoms with Crippen LogP contribution in [0.5, 0.6) is 0 Å². The summed E-state index contributed by atoms with van der Waals surface area (Å²) in [7, 11) is 0. The molecule has 0 unspecified atom stereocenters.